The fourth-order valence-electron chi connectivity index (χ4n) is 6.23. The van der Waals surface area contributed by atoms with Crippen molar-refractivity contribution >= 4 is 46.2 Å². The second-order valence-corrected chi connectivity index (χ2v) is 13.5. The van der Waals surface area contributed by atoms with Crippen LogP contribution in [0.25, 0.3) is 22.0 Å². The van der Waals surface area contributed by atoms with Gasteiger partial charge in [-0.05, 0) is 51.3 Å². The molecule has 0 saturated carbocycles. The molecule has 0 radical (unpaired) electrons. The summed E-state index contributed by atoms with van der Waals surface area (Å²) in [7, 11) is 0. The number of halogens is 4. The third-order valence-electron chi connectivity index (χ3n) is 8.37. The number of alkyl halides is 2. The first-order chi connectivity index (χ1) is 21.8. The summed E-state index contributed by atoms with van der Waals surface area (Å²) in [6.07, 6.45) is 0.931. The molecule has 1 fully saturated rings. The normalized spacial score (nSPS) is 20.5. The van der Waals surface area contributed by atoms with Crippen molar-refractivity contribution < 1.29 is 27.8 Å². The number of benzene rings is 2. The van der Waals surface area contributed by atoms with Gasteiger partial charge < -0.3 is 18.9 Å². The van der Waals surface area contributed by atoms with Gasteiger partial charge >= 0.3 is 12.1 Å². The van der Waals surface area contributed by atoms with Crippen LogP contribution >= 0.6 is 23.2 Å². The maximum atomic E-state index is 15.3. The average molecular weight is 675 g/mol. The molecule has 46 heavy (non-hydrogen) atoms. The number of nitrogens with zero attached hydrogens (tertiary/aromatic N) is 5. The van der Waals surface area contributed by atoms with Crippen LogP contribution in [0.1, 0.15) is 63.0 Å². The molecule has 0 bridgehead atoms. The Morgan fingerprint density at radius 1 is 1.13 bits per heavy atom. The second kappa shape index (κ2) is 12.5. The topological polar surface area (TPSA) is 91.5 Å². The molecule has 1 unspecified atom stereocenters. The molecule has 4 atom stereocenters. The van der Waals surface area contributed by atoms with Gasteiger partial charge in [0.2, 0.25) is 0 Å². The monoisotopic (exact) mass is 673 g/mol. The minimum Gasteiger partial charge on any atom is -0.464 e. The van der Waals surface area contributed by atoms with Gasteiger partial charge in [0.05, 0.1) is 41.8 Å². The fraction of sp³-hybridized carbons (Fsp3) is 0.455. The Hall–Kier alpha value is -3.70. The summed E-state index contributed by atoms with van der Waals surface area (Å²) < 4.78 is 43.4. The molecule has 2 aromatic heterocycles. The molecular formula is C33H35Cl2F2N5O4. The number of aromatic nitrogens is 4. The lowest BCUT2D eigenvalue weighted by Gasteiger charge is -2.35. The predicted octanol–water partition coefficient (Wildman–Crippen LogP) is 7.32. The summed E-state index contributed by atoms with van der Waals surface area (Å²) in [6, 6.07) is 8.09. The Labute approximate surface area is 275 Å². The molecule has 1 amide bonds. The molecule has 13 heteroatoms. The molecule has 1 saturated heterocycles. The third kappa shape index (κ3) is 6.19. The number of carbonyl (C=O) groups is 2. The van der Waals surface area contributed by atoms with Gasteiger partial charge in [0, 0.05) is 41.7 Å². The zero-order chi connectivity index (χ0) is 32.9. The van der Waals surface area contributed by atoms with Crippen molar-refractivity contribution in [2.75, 3.05) is 19.7 Å². The number of hydrogen-bond donors (Lipinski definition) is 0. The van der Waals surface area contributed by atoms with Gasteiger partial charge in [-0.1, -0.05) is 47.5 Å². The number of ether oxygens (including phenoxy) is 2. The van der Waals surface area contributed by atoms with E-state index >= 15 is 4.39 Å². The molecule has 0 aliphatic carbocycles. The molecule has 244 valence electrons. The van der Waals surface area contributed by atoms with Crippen molar-refractivity contribution in [1.29, 1.82) is 0 Å². The van der Waals surface area contributed by atoms with Crippen LogP contribution in [0.15, 0.2) is 42.9 Å². The molecule has 2 aliphatic heterocycles. The summed E-state index contributed by atoms with van der Waals surface area (Å²) in [6.45, 7) is 7.73. The van der Waals surface area contributed by atoms with Crippen LogP contribution in [0.5, 0.6) is 0 Å². The van der Waals surface area contributed by atoms with E-state index in [1.165, 1.54) is 15.9 Å². The molecule has 4 heterocycles. The van der Waals surface area contributed by atoms with Crippen LogP contribution < -0.4 is 0 Å². The van der Waals surface area contributed by atoms with E-state index in [9.17, 15) is 14.0 Å². The Morgan fingerprint density at radius 3 is 2.54 bits per heavy atom. The van der Waals surface area contributed by atoms with Gasteiger partial charge in [0.1, 0.15) is 23.5 Å². The van der Waals surface area contributed by atoms with Crippen molar-refractivity contribution in [3.05, 3.63) is 69.9 Å². The number of likely N-dealkylation sites (tertiary alicyclic amines) is 1. The zero-order valence-electron chi connectivity index (χ0n) is 26.0. The molecule has 2 aliphatic rings. The maximum absolute atomic E-state index is 15.3. The van der Waals surface area contributed by atoms with E-state index in [1.807, 2.05) is 24.3 Å². The second-order valence-electron chi connectivity index (χ2n) is 12.7. The van der Waals surface area contributed by atoms with Crippen LogP contribution in [0.4, 0.5) is 13.6 Å². The summed E-state index contributed by atoms with van der Waals surface area (Å²) in [4.78, 5) is 31.5. The molecule has 2 aromatic carbocycles. The zero-order valence-corrected chi connectivity index (χ0v) is 27.5. The molecule has 9 nitrogen and oxygen atoms in total. The van der Waals surface area contributed by atoms with Crippen LogP contribution in [0.2, 0.25) is 10.0 Å². The van der Waals surface area contributed by atoms with E-state index in [1.54, 1.807) is 44.5 Å². The first-order valence-electron chi connectivity index (χ1n) is 15.3. The highest BCUT2D eigenvalue weighted by atomic mass is 35.5. The summed E-state index contributed by atoms with van der Waals surface area (Å²) >= 11 is 13.7. The number of carbonyl (C=O) groups excluding carboxylic acids is 2. The minimum atomic E-state index is -1.25. The highest BCUT2D eigenvalue weighted by Crippen LogP contribution is 2.40. The Balaban J connectivity index is 1.27. The van der Waals surface area contributed by atoms with Crippen molar-refractivity contribution in [2.24, 2.45) is 0 Å². The highest BCUT2D eigenvalue weighted by molar-refractivity contribution is 6.42. The van der Waals surface area contributed by atoms with E-state index in [-0.39, 0.29) is 32.0 Å². The van der Waals surface area contributed by atoms with Gasteiger partial charge in [0.25, 0.3) is 0 Å². The largest absolute Gasteiger partial charge is 0.464 e. The number of fused-ring (bicyclic) bond motifs is 2. The van der Waals surface area contributed by atoms with E-state index in [2.05, 4.69) is 10.1 Å². The summed E-state index contributed by atoms with van der Waals surface area (Å²) in [5, 5.41) is 5.88. The number of piperidine rings is 1. The number of imidazole rings is 1. The van der Waals surface area contributed by atoms with Crippen molar-refractivity contribution in [3.63, 3.8) is 0 Å². The minimum absolute atomic E-state index is 0.0367. The lowest BCUT2D eigenvalue weighted by molar-refractivity contribution is -0.146. The smallest absolute Gasteiger partial charge is 0.410 e. The Morgan fingerprint density at radius 2 is 1.87 bits per heavy atom. The number of amides is 1. The van der Waals surface area contributed by atoms with Crippen LogP contribution in [-0.2, 0) is 27.2 Å². The lowest BCUT2D eigenvalue weighted by atomic mass is 9.87. The van der Waals surface area contributed by atoms with E-state index in [4.69, 9.17) is 32.7 Å². The van der Waals surface area contributed by atoms with Crippen molar-refractivity contribution in [2.45, 2.75) is 77.0 Å². The Kier molecular flexibility index (Phi) is 8.75. The molecule has 6 rings (SSSR count). The quantitative estimate of drug-likeness (QED) is 0.199. The van der Waals surface area contributed by atoms with Gasteiger partial charge in [-0.2, -0.15) is 5.10 Å². The maximum Gasteiger partial charge on any atom is 0.410 e. The molecular weight excluding hydrogens is 639 g/mol. The SMILES string of the molecule is CCOC(=O)C(c1ncn2c1C[C@@H](F)C2)n1cc2c(Cl)cc(-c3ccc([C@H]4CCN(C(=O)OC(C)(C)C)C[C@@H]4F)cc3)c(Cl)c2n1. The third-order valence-corrected chi connectivity index (χ3v) is 9.06. The van der Waals surface area contributed by atoms with Gasteiger partial charge in [-0.3, -0.25) is 4.68 Å². The first-order valence-corrected chi connectivity index (χ1v) is 16.0. The van der Waals surface area contributed by atoms with Gasteiger partial charge in [-0.15, -0.1) is 0 Å². The number of esters is 1. The van der Waals surface area contributed by atoms with Gasteiger partial charge in [0.15, 0.2) is 6.04 Å². The van der Waals surface area contributed by atoms with E-state index < -0.39 is 36.0 Å². The first kappa shape index (κ1) is 32.2. The van der Waals surface area contributed by atoms with E-state index in [0.29, 0.717) is 50.9 Å². The lowest BCUT2D eigenvalue weighted by Crippen LogP contribution is -2.46. The molecule has 0 spiro atoms. The molecule has 0 N–H and O–H groups in total. The van der Waals surface area contributed by atoms with Crippen LogP contribution in [0.3, 0.4) is 0 Å². The Bertz CT molecular complexity index is 1790. The van der Waals surface area contributed by atoms with Gasteiger partial charge in [-0.25, -0.2) is 23.4 Å². The summed E-state index contributed by atoms with van der Waals surface area (Å²) in [5.41, 5.74) is 2.89. The highest BCUT2D eigenvalue weighted by Gasteiger charge is 2.36. The molecule has 4 aromatic rings. The van der Waals surface area contributed by atoms with E-state index in [0.717, 1.165) is 11.1 Å². The standard InChI is InChI=1S/C33H35Cl2F2N5O4/c1-5-45-31(43)30(29-26-12-20(36)14-41(26)17-38-29)42-15-23-24(34)13-22(27(35)28(23)39-42)19-8-6-18(7-9-19)21-10-11-40(16-25(21)37)32(44)46-33(2,3)4/h6-9,13,15,17,20-21,25,30H,5,10-12,14,16H2,1-4H3/t20-,21-,25+,30?/m1/s1. The fourth-order valence-corrected chi connectivity index (χ4v) is 6.78. The predicted molar refractivity (Wildman–Crippen MR) is 171 cm³/mol. The van der Waals surface area contributed by atoms with Crippen molar-refractivity contribution in [1.82, 2.24) is 24.2 Å². The van der Waals surface area contributed by atoms with Crippen LogP contribution in [0, 0.1) is 0 Å². The summed E-state index contributed by atoms with van der Waals surface area (Å²) in [5.74, 6) is -0.952. The average Bonchev–Trinajstić information content (AvgIpc) is 3.70. The number of rotatable bonds is 6. The number of hydrogen-bond acceptors (Lipinski definition) is 6. The van der Waals surface area contributed by atoms with Crippen LogP contribution in [-0.4, -0.2) is 73.9 Å². The van der Waals surface area contributed by atoms with Crippen molar-refractivity contribution in [3.8, 4) is 11.1 Å².